The maximum atomic E-state index is 11.6. The van der Waals surface area contributed by atoms with Crippen LogP contribution < -0.4 is 5.32 Å². The Kier molecular flexibility index (Phi) is 3.61. The summed E-state index contributed by atoms with van der Waals surface area (Å²) in [7, 11) is 0. The zero-order valence-corrected chi connectivity index (χ0v) is 9.39. The molecule has 2 rings (SSSR count). The predicted molar refractivity (Wildman–Crippen MR) is 57.4 cm³/mol. The molecular weight excluding hydrogens is 246 g/mol. The number of nitrogens with zero attached hydrogens (tertiary/aromatic N) is 4. The molecule has 1 N–H and O–H groups in total. The van der Waals surface area contributed by atoms with E-state index in [1.807, 2.05) is 0 Å². The molecule has 2 aromatic heterocycles. The molecule has 8 heteroatoms. The molecule has 0 bridgehead atoms. The van der Waals surface area contributed by atoms with Crippen LogP contribution in [0.1, 0.15) is 16.4 Å². The van der Waals surface area contributed by atoms with Crippen molar-refractivity contribution >= 4 is 17.5 Å². The molecule has 0 saturated heterocycles. The molecule has 0 aliphatic rings. The Morgan fingerprint density at radius 2 is 2.29 bits per heavy atom. The first-order valence-corrected chi connectivity index (χ1v) is 5.16. The number of amides is 1. The van der Waals surface area contributed by atoms with Gasteiger partial charge in [-0.1, -0.05) is 16.8 Å². The maximum Gasteiger partial charge on any atom is 0.271 e. The van der Waals surface area contributed by atoms with Crippen molar-refractivity contribution < 1.29 is 9.32 Å². The molecule has 2 aromatic rings. The molecule has 88 valence electrons. The molecule has 0 radical (unpaired) electrons. The van der Waals surface area contributed by atoms with Crippen LogP contribution in [0.5, 0.6) is 0 Å². The summed E-state index contributed by atoms with van der Waals surface area (Å²) >= 11 is 5.56. The molecule has 0 aromatic carbocycles. The third-order valence-corrected chi connectivity index (χ3v) is 2.10. The largest absolute Gasteiger partial charge is 0.350 e. The van der Waals surface area contributed by atoms with Gasteiger partial charge in [0.2, 0.25) is 5.89 Å². The van der Waals surface area contributed by atoms with Crippen molar-refractivity contribution in [2.24, 2.45) is 0 Å². The van der Waals surface area contributed by atoms with Gasteiger partial charge in [-0.3, -0.25) is 4.79 Å². The van der Waals surface area contributed by atoms with Crippen LogP contribution in [0.4, 0.5) is 0 Å². The summed E-state index contributed by atoms with van der Waals surface area (Å²) < 4.78 is 4.78. The Morgan fingerprint density at radius 3 is 2.94 bits per heavy atom. The topological polar surface area (TPSA) is 93.8 Å². The highest BCUT2D eigenvalue weighted by Crippen LogP contribution is 2.01. The van der Waals surface area contributed by atoms with Gasteiger partial charge in [-0.05, 0) is 12.1 Å². The van der Waals surface area contributed by atoms with E-state index >= 15 is 0 Å². The zero-order chi connectivity index (χ0) is 12.1. The fraction of sp³-hybridized carbons (Fsp3) is 0.222. The van der Waals surface area contributed by atoms with Crippen LogP contribution in [-0.2, 0) is 6.42 Å². The van der Waals surface area contributed by atoms with Crippen LogP contribution in [0.3, 0.4) is 0 Å². The highest BCUT2D eigenvalue weighted by atomic mass is 35.5. The standard InChI is InChI=1S/C9H8ClN5O2/c10-7-2-1-6(14-15-7)9(16)11-4-3-8-12-5-13-17-8/h1-2,5H,3-4H2,(H,11,16). The first-order valence-electron chi connectivity index (χ1n) is 4.78. The van der Waals surface area contributed by atoms with Gasteiger partial charge in [-0.2, -0.15) is 4.98 Å². The van der Waals surface area contributed by atoms with E-state index in [2.05, 4.69) is 25.7 Å². The van der Waals surface area contributed by atoms with Crippen molar-refractivity contribution in [2.75, 3.05) is 6.54 Å². The van der Waals surface area contributed by atoms with Crippen molar-refractivity contribution in [3.05, 3.63) is 35.2 Å². The lowest BCUT2D eigenvalue weighted by molar-refractivity contribution is 0.0947. The molecule has 2 heterocycles. The number of aromatic nitrogens is 4. The van der Waals surface area contributed by atoms with E-state index in [9.17, 15) is 4.79 Å². The van der Waals surface area contributed by atoms with E-state index in [0.29, 0.717) is 18.9 Å². The second kappa shape index (κ2) is 5.35. The SMILES string of the molecule is O=C(NCCc1ncno1)c1ccc(Cl)nn1. The zero-order valence-electron chi connectivity index (χ0n) is 8.63. The number of rotatable bonds is 4. The van der Waals surface area contributed by atoms with E-state index in [1.54, 1.807) is 0 Å². The lowest BCUT2D eigenvalue weighted by Crippen LogP contribution is -2.26. The van der Waals surface area contributed by atoms with Gasteiger partial charge in [0.05, 0.1) is 0 Å². The van der Waals surface area contributed by atoms with Crippen LogP contribution in [0.2, 0.25) is 5.15 Å². The van der Waals surface area contributed by atoms with Gasteiger partial charge in [-0.25, -0.2) is 0 Å². The lowest BCUT2D eigenvalue weighted by atomic mass is 10.3. The van der Waals surface area contributed by atoms with Crippen molar-refractivity contribution in [3.8, 4) is 0 Å². The Hall–Kier alpha value is -2.02. The third-order valence-electron chi connectivity index (χ3n) is 1.90. The van der Waals surface area contributed by atoms with Gasteiger partial charge < -0.3 is 9.84 Å². The summed E-state index contributed by atoms with van der Waals surface area (Å²) in [5.74, 6) is 0.140. The number of carbonyl (C=O) groups is 1. The fourth-order valence-electron chi connectivity index (χ4n) is 1.12. The molecule has 0 atom stereocenters. The minimum Gasteiger partial charge on any atom is -0.350 e. The number of carbonyl (C=O) groups excluding carboxylic acids is 1. The number of hydrogen-bond donors (Lipinski definition) is 1. The minimum absolute atomic E-state index is 0.208. The highest BCUT2D eigenvalue weighted by Gasteiger charge is 2.07. The Bertz CT molecular complexity index is 485. The summed E-state index contributed by atoms with van der Waals surface area (Å²) in [6.07, 6.45) is 1.77. The third kappa shape index (κ3) is 3.22. The molecule has 0 aliphatic carbocycles. The Balaban J connectivity index is 1.83. The van der Waals surface area contributed by atoms with Crippen molar-refractivity contribution in [1.82, 2.24) is 25.7 Å². The van der Waals surface area contributed by atoms with Gasteiger partial charge >= 0.3 is 0 Å². The molecule has 0 spiro atoms. The van der Waals surface area contributed by atoms with E-state index in [-0.39, 0.29) is 16.8 Å². The van der Waals surface area contributed by atoms with Crippen molar-refractivity contribution in [2.45, 2.75) is 6.42 Å². The number of halogens is 1. The summed E-state index contributed by atoms with van der Waals surface area (Å²) in [4.78, 5) is 15.4. The van der Waals surface area contributed by atoms with E-state index in [0.717, 1.165) is 0 Å². The Morgan fingerprint density at radius 1 is 1.41 bits per heavy atom. The predicted octanol–water partition coefficient (Wildman–Crippen LogP) is 0.485. The maximum absolute atomic E-state index is 11.6. The fourth-order valence-corrected chi connectivity index (χ4v) is 1.22. The number of nitrogens with one attached hydrogen (secondary N) is 1. The molecule has 0 saturated carbocycles. The second-order valence-electron chi connectivity index (χ2n) is 3.08. The highest BCUT2D eigenvalue weighted by molar-refractivity contribution is 6.29. The molecule has 7 nitrogen and oxygen atoms in total. The normalized spacial score (nSPS) is 10.2. The average Bonchev–Trinajstić information content (AvgIpc) is 2.83. The number of hydrogen-bond acceptors (Lipinski definition) is 6. The molecule has 0 aliphatic heterocycles. The van der Waals surface area contributed by atoms with Gasteiger partial charge in [0.25, 0.3) is 5.91 Å². The van der Waals surface area contributed by atoms with Crippen molar-refractivity contribution in [3.63, 3.8) is 0 Å². The lowest BCUT2D eigenvalue weighted by Gasteiger charge is -2.01. The molecule has 0 unspecified atom stereocenters. The van der Waals surface area contributed by atoms with Gasteiger partial charge in [0.15, 0.2) is 17.2 Å². The first kappa shape index (κ1) is 11.5. The smallest absolute Gasteiger partial charge is 0.271 e. The van der Waals surface area contributed by atoms with Gasteiger partial charge in [0.1, 0.15) is 0 Å². The summed E-state index contributed by atoms with van der Waals surface area (Å²) in [5.41, 5.74) is 0.208. The van der Waals surface area contributed by atoms with Crippen LogP contribution in [0.15, 0.2) is 23.0 Å². The van der Waals surface area contributed by atoms with E-state index < -0.39 is 0 Å². The van der Waals surface area contributed by atoms with Gasteiger partial charge in [0, 0.05) is 13.0 Å². The summed E-state index contributed by atoms with van der Waals surface area (Å²) in [6.45, 7) is 0.380. The monoisotopic (exact) mass is 253 g/mol. The summed E-state index contributed by atoms with van der Waals surface area (Å²) in [5, 5.41) is 13.6. The summed E-state index contributed by atoms with van der Waals surface area (Å²) in [6, 6.07) is 3.00. The second-order valence-corrected chi connectivity index (χ2v) is 3.47. The molecular formula is C9H8ClN5O2. The van der Waals surface area contributed by atoms with E-state index in [1.165, 1.54) is 18.5 Å². The van der Waals surface area contributed by atoms with Crippen molar-refractivity contribution in [1.29, 1.82) is 0 Å². The molecule has 17 heavy (non-hydrogen) atoms. The molecule has 1 amide bonds. The van der Waals surface area contributed by atoms with Crippen LogP contribution >= 0.6 is 11.6 Å². The van der Waals surface area contributed by atoms with Crippen LogP contribution in [0.25, 0.3) is 0 Å². The minimum atomic E-state index is -0.325. The molecule has 0 fully saturated rings. The quantitative estimate of drug-likeness (QED) is 0.852. The Labute approximate surface area is 101 Å². The average molecular weight is 254 g/mol. The van der Waals surface area contributed by atoms with Crippen LogP contribution in [0, 0.1) is 0 Å². The van der Waals surface area contributed by atoms with Crippen LogP contribution in [-0.4, -0.2) is 32.8 Å². The first-order chi connectivity index (χ1) is 8.25. The van der Waals surface area contributed by atoms with Gasteiger partial charge in [-0.15, -0.1) is 10.2 Å². The van der Waals surface area contributed by atoms with E-state index in [4.69, 9.17) is 16.1 Å².